The van der Waals surface area contributed by atoms with Crippen molar-refractivity contribution in [3.05, 3.63) is 35.4 Å². The van der Waals surface area contributed by atoms with Gasteiger partial charge >= 0.3 is 0 Å². The molecular formula is C14H21NO2S. The lowest BCUT2D eigenvalue weighted by Gasteiger charge is -2.21. The van der Waals surface area contributed by atoms with E-state index in [1.807, 2.05) is 0 Å². The number of aryl methyl sites for hydroxylation is 1. The third-order valence-electron chi connectivity index (χ3n) is 3.56. The normalized spacial score (nSPS) is 24.0. The minimum Gasteiger partial charge on any atom is -0.306 e. The number of benzene rings is 1. The fourth-order valence-corrected chi connectivity index (χ4v) is 4.15. The SMILES string of the molecule is CCC(NC1CCS(=O)(=O)C1)c1ccc(C)cc1. The van der Waals surface area contributed by atoms with Gasteiger partial charge in [-0.25, -0.2) is 8.42 Å². The van der Waals surface area contributed by atoms with Gasteiger partial charge < -0.3 is 5.32 Å². The summed E-state index contributed by atoms with van der Waals surface area (Å²) in [5.74, 6) is 0.615. The summed E-state index contributed by atoms with van der Waals surface area (Å²) in [6.45, 7) is 4.20. The van der Waals surface area contributed by atoms with E-state index in [0.717, 1.165) is 12.8 Å². The maximum Gasteiger partial charge on any atom is 0.151 e. The Bertz CT molecular complexity index is 493. The van der Waals surface area contributed by atoms with Gasteiger partial charge in [0.25, 0.3) is 0 Å². The van der Waals surface area contributed by atoms with Crippen LogP contribution in [0.3, 0.4) is 0 Å². The molecule has 0 bridgehead atoms. The molecule has 1 aliphatic heterocycles. The van der Waals surface area contributed by atoms with Gasteiger partial charge in [0.2, 0.25) is 0 Å². The Morgan fingerprint density at radius 3 is 2.50 bits per heavy atom. The maximum absolute atomic E-state index is 11.5. The van der Waals surface area contributed by atoms with Gasteiger partial charge in [-0.05, 0) is 25.3 Å². The lowest BCUT2D eigenvalue weighted by molar-refractivity contribution is 0.450. The van der Waals surface area contributed by atoms with Gasteiger partial charge in [0.1, 0.15) is 0 Å². The summed E-state index contributed by atoms with van der Waals surface area (Å²) >= 11 is 0. The fourth-order valence-electron chi connectivity index (χ4n) is 2.46. The molecule has 1 saturated heterocycles. The third-order valence-corrected chi connectivity index (χ3v) is 5.33. The minimum atomic E-state index is -2.80. The lowest BCUT2D eigenvalue weighted by Crippen LogP contribution is -2.33. The average Bonchev–Trinajstić information content (AvgIpc) is 2.67. The molecule has 4 heteroatoms. The van der Waals surface area contributed by atoms with E-state index in [9.17, 15) is 8.42 Å². The molecule has 0 radical (unpaired) electrons. The van der Waals surface area contributed by atoms with Crippen molar-refractivity contribution in [2.75, 3.05) is 11.5 Å². The van der Waals surface area contributed by atoms with Crippen LogP contribution in [0.1, 0.15) is 36.9 Å². The van der Waals surface area contributed by atoms with E-state index in [0.29, 0.717) is 5.75 Å². The zero-order valence-corrected chi connectivity index (χ0v) is 11.8. The molecule has 100 valence electrons. The van der Waals surface area contributed by atoms with E-state index in [1.54, 1.807) is 0 Å². The van der Waals surface area contributed by atoms with Crippen LogP contribution in [0.5, 0.6) is 0 Å². The van der Waals surface area contributed by atoms with Crippen molar-refractivity contribution < 1.29 is 8.42 Å². The predicted octanol–water partition coefficient (Wildman–Crippen LogP) is 2.22. The number of hydrogen-bond donors (Lipinski definition) is 1. The topological polar surface area (TPSA) is 46.2 Å². The van der Waals surface area contributed by atoms with E-state index < -0.39 is 9.84 Å². The molecule has 1 aromatic carbocycles. The van der Waals surface area contributed by atoms with Gasteiger partial charge in [-0.3, -0.25) is 0 Å². The molecule has 0 aliphatic carbocycles. The summed E-state index contributed by atoms with van der Waals surface area (Å²) in [5, 5.41) is 3.48. The second-order valence-electron chi connectivity index (χ2n) is 5.14. The highest BCUT2D eigenvalue weighted by molar-refractivity contribution is 7.91. The Kier molecular flexibility index (Phi) is 4.07. The van der Waals surface area contributed by atoms with E-state index in [2.05, 4.69) is 43.4 Å². The van der Waals surface area contributed by atoms with E-state index >= 15 is 0 Å². The molecule has 0 aromatic heterocycles. The molecule has 1 heterocycles. The Labute approximate surface area is 110 Å². The Morgan fingerprint density at radius 1 is 1.33 bits per heavy atom. The highest BCUT2D eigenvalue weighted by Gasteiger charge is 2.29. The van der Waals surface area contributed by atoms with E-state index in [-0.39, 0.29) is 17.8 Å². The first-order valence-corrected chi connectivity index (χ1v) is 8.35. The summed E-state index contributed by atoms with van der Waals surface area (Å²) < 4.78 is 22.9. The van der Waals surface area contributed by atoms with Crippen molar-refractivity contribution in [1.82, 2.24) is 5.32 Å². The van der Waals surface area contributed by atoms with Crippen LogP contribution in [0.2, 0.25) is 0 Å². The molecule has 18 heavy (non-hydrogen) atoms. The minimum absolute atomic E-state index is 0.112. The number of rotatable bonds is 4. The van der Waals surface area contributed by atoms with Crippen molar-refractivity contribution in [2.45, 2.75) is 38.8 Å². The van der Waals surface area contributed by atoms with Crippen molar-refractivity contribution in [2.24, 2.45) is 0 Å². The molecule has 2 rings (SSSR count). The molecule has 1 aliphatic rings. The molecule has 2 atom stereocenters. The summed E-state index contributed by atoms with van der Waals surface area (Å²) in [7, 11) is -2.80. The fraction of sp³-hybridized carbons (Fsp3) is 0.571. The lowest BCUT2D eigenvalue weighted by atomic mass is 10.0. The molecule has 0 saturated carbocycles. The van der Waals surface area contributed by atoms with Gasteiger partial charge in [0.05, 0.1) is 11.5 Å². The quantitative estimate of drug-likeness (QED) is 0.910. The van der Waals surface area contributed by atoms with Crippen molar-refractivity contribution in [3.8, 4) is 0 Å². The highest BCUT2D eigenvalue weighted by Crippen LogP contribution is 2.21. The first-order valence-electron chi connectivity index (χ1n) is 6.53. The van der Waals surface area contributed by atoms with Crippen LogP contribution in [0.25, 0.3) is 0 Å². The van der Waals surface area contributed by atoms with Crippen LogP contribution in [0, 0.1) is 6.92 Å². The average molecular weight is 267 g/mol. The molecule has 0 amide bonds. The van der Waals surface area contributed by atoms with Crippen molar-refractivity contribution in [3.63, 3.8) is 0 Å². The van der Waals surface area contributed by atoms with Gasteiger partial charge in [-0.2, -0.15) is 0 Å². The first kappa shape index (κ1) is 13.6. The van der Waals surface area contributed by atoms with Crippen LogP contribution < -0.4 is 5.32 Å². The van der Waals surface area contributed by atoms with Crippen molar-refractivity contribution in [1.29, 1.82) is 0 Å². The summed E-state index contributed by atoms with van der Waals surface area (Å²) in [5.41, 5.74) is 2.49. The van der Waals surface area contributed by atoms with Crippen molar-refractivity contribution >= 4 is 9.84 Å². The highest BCUT2D eigenvalue weighted by atomic mass is 32.2. The first-order chi connectivity index (χ1) is 8.50. The monoisotopic (exact) mass is 267 g/mol. The van der Waals surface area contributed by atoms with Gasteiger partial charge in [0.15, 0.2) is 9.84 Å². The van der Waals surface area contributed by atoms with Crippen LogP contribution >= 0.6 is 0 Å². The Hall–Kier alpha value is -0.870. The maximum atomic E-state index is 11.5. The van der Waals surface area contributed by atoms with E-state index in [1.165, 1.54) is 11.1 Å². The van der Waals surface area contributed by atoms with Gasteiger partial charge in [-0.1, -0.05) is 36.8 Å². The zero-order valence-electron chi connectivity index (χ0n) is 11.0. The second kappa shape index (κ2) is 5.41. The predicted molar refractivity (Wildman–Crippen MR) is 74.4 cm³/mol. The number of sulfone groups is 1. The summed E-state index contributed by atoms with van der Waals surface area (Å²) in [4.78, 5) is 0. The largest absolute Gasteiger partial charge is 0.306 e. The Morgan fingerprint density at radius 2 is 2.00 bits per heavy atom. The van der Waals surface area contributed by atoms with Crippen LogP contribution in [-0.4, -0.2) is 26.0 Å². The molecular weight excluding hydrogens is 246 g/mol. The molecule has 1 fully saturated rings. The van der Waals surface area contributed by atoms with Gasteiger partial charge in [0, 0.05) is 12.1 Å². The molecule has 1 N–H and O–H groups in total. The Balaban J connectivity index is 2.04. The summed E-state index contributed by atoms with van der Waals surface area (Å²) in [6.07, 6.45) is 1.71. The zero-order chi connectivity index (χ0) is 13.2. The van der Waals surface area contributed by atoms with E-state index in [4.69, 9.17) is 0 Å². The smallest absolute Gasteiger partial charge is 0.151 e. The van der Waals surface area contributed by atoms with Crippen LogP contribution in [-0.2, 0) is 9.84 Å². The van der Waals surface area contributed by atoms with Crippen LogP contribution in [0.4, 0.5) is 0 Å². The van der Waals surface area contributed by atoms with Crippen LogP contribution in [0.15, 0.2) is 24.3 Å². The molecule has 1 aromatic rings. The second-order valence-corrected chi connectivity index (χ2v) is 7.37. The van der Waals surface area contributed by atoms with Gasteiger partial charge in [-0.15, -0.1) is 0 Å². The standard InChI is InChI=1S/C14H21NO2S/c1-3-14(12-6-4-11(2)5-7-12)15-13-8-9-18(16,17)10-13/h4-7,13-15H,3,8-10H2,1-2H3. The number of hydrogen-bond acceptors (Lipinski definition) is 3. The molecule has 2 unspecified atom stereocenters. The number of nitrogens with one attached hydrogen (secondary N) is 1. The third kappa shape index (κ3) is 3.33. The summed E-state index contributed by atoms with van der Waals surface area (Å²) in [6, 6.07) is 8.82. The molecule has 0 spiro atoms. The molecule has 3 nitrogen and oxygen atoms in total.